The van der Waals surface area contributed by atoms with E-state index in [2.05, 4.69) is 0 Å². The van der Waals surface area contributed by atoms with E-state index in [1.54, 1.807) is 60.7 Å². The average molecular weight is 353 g/mol. The lowest BCUT2D eigenvalue weighted by Gasteiger charge is -2.18. The van der Waals surface area contributed by atoms with Gasteiger partial charge < -0.3 is 0 Å². The van der Waals surface area contributed by atoms with Crippen molar-refractivity contribution >= 4 is 20.0 Å². The third-order valence-corrected chi connectivity index (χ3v) is 7.97. The van der Waals surface area contributed by atoms with Crippen molar-refractivity contribution in [1.29, 1.82) is 0 Å². The summed E-state index contributed by atoms with van der Waals surface area (Å²) < 4.78 is 51.4. The Hall–Kier alpha value is -1.70. The van der Waals surface area contributed by atoms with Crippen molar-refractivity contribution in [2.24, 2.45) is 0 Å². The predicted molar refractivity (Wildman–Crippen MR) is 90.7 cm³/mol. The van der Waals surface area contributed by atoms with Crippen LogP contribution in [0.1, 0.15) is 35.5 Å². The molecule has 124 valence electrons. The van der Waals surface area contributed by atoms with Crippen LogP contribution in [0.3, 0.4) is 0 Å². The van der Waals surface area contributed by atoms with Gasteiger partial charge in [0.05, 0.1) is 10.5 Å². The van der Waals surface area contributed by atoms with Gasteiger partial charge in [-0.05, 0) is 25.0 Å². The van der Waals surface area contributed by atoms with Crippen LogP contribution in [0.2, 0.25) is 0 Å². The van der Waals surface area contributed by atoms with E-state index in [9.17, 15) is 16.8 Å². The predicted octanol–water partition coefficient (Wildman–Crippen LogP) is 2.76. The van der Waals surface area contributed by atoms with Crippen LogP contribution in [0, 0.1) is 0 Å². The molecule has 2 atom stereocenters. The monoisotopic (exact) mass is 353 g/mol. The molecule has 0 bridgehead atoms. The largest absolute Gasteiger partial charge is 0.231 e. The van der Waals surface area contributed by atoms with Crippen molar-refractivity contribution in [2.75, 3.05) is 0 Å². The molecule has 0 aliphatic heterocycles. The van der Waals surface area contributed by atoms with Gasteiger partial charge in [0.15, 0.2) is 0 Å². The van der Waals surface area contributed by atoms with Gasteiger partial charge in [-0.25, -0.2) is 16.8 Å². The highest BCUT2D eigenvalue weighted by Crippen LogP contribution is 2.25. The summed E-state index contributed by atoms with van der Waals surface area (Å²) >= 11 is 0. The molecule has 0 spiro atoms. The molecular weight excluding hydrogens is 334 g/mol. The van der Waals surface area contributed by atoms with E-state index < -0.39 is 30.5 Å². The summed E-state index contributed by atoms with van der Waals surface area (Å²) in [5.74, 6) is 0. The van der Waals surface area contributed by atoms with Crippen LogP contribution in [0.25, 0.3) is 0 Å². The second-order valence-electron chi connectivity index (χ2n) is 5.28. The highest BCUT2D eigenvalue weighted by atomic mass is 32.3. The highest BCUT2D eigenvalue weighted by molar-refractivity contribution is 8.04. The van der Waals surface area contributed by atoms with Gasteiger partial charge in [-0.3, -0.25) is 0 Å². The van der Waals surface area contributed by atoms with E-state index >= 15 is 0 Å². The summed E-state index contributed by atoms with van der Waals surface area (Å²) in [4.78, 5) is 0. The first-order valence-electron chi connectivity index (χ1n) is 7.10. The lowest BCUT2D eigenvalue weighted by molar-refractivity contribution is 0.565. The van der Waals surface area contributed by atoms with Gasteiger partial charge >= 0.3 is 0 Å². The minimum atomic E-state index is -4.06. The Balaban J connectivity index is 2.26. The maximum atomic E-state index is 12.4. The molecule has 0 aliphatic rings. The van der Waals surface area contributed by atoms with E-state index in [0.29, 0.717) is 11.1 Å². The SMILES string of the molecule is CC(c1ccccc1)S(=O)(=O)NS(=O)(=O)[C@@H](C)c1ccccc1. The number of rotatable bonds is 6. The summed E-state index contributed by atoms with van der Waals surface area (Å²) in [5, 5.41) is -1.94. The molecule has 0 radical (unpaired) electrons. The summed E-state index contributed by atoms with van der Waals surface area (Å²) in [5.41, 5.74) is 1.06. The molecule has 7 heteroatoms. The molecule has 0 saturated carbocycles. The van der Waals surface area contributed by atoms with Gasteiger partial charge in [0.2, 0.25) is 20.0 Å². The zero-order chi connectivity index (χ0) is 17.1. The van der Waals surface area contributed by atoms with Crippen LogP contribution in [0.4, 0.5) is 0 Å². The molecule has 5 nitrogen and oxygen atoms in total. The van der Waals surface area contributed by atoms with Crippen LogP contribution < -0.4 is 4.13 Å². The zero-order valence-corrected chi connectivity index (χ0v) is 14.5. The van der Waals surface area contributed by atoms with Gasteiger partial charge in [0.25, 0.3) is 0 Å². The molecule has 23 heavy (non-hydrogen) atoms. The first-order chi connectivity index (χ1) is 10.7. The maximum Gasteiger partial charge on any atom is 0.231 e. The maximum absolute atomic E-state index is 12.4. The normalized spacial score (nSPS) is 15.0. The molecule has 2 aromatic rings. The summed E-state index contributed by atoms with van der Waals surface area (Å²) in [6.07, 6.45) is 0. The number of nitrogens with one attached hydrogen (secondary N) is 1. The molecule has 0 amide bonds. The highest BCUT2D eigenvalue weighted by Gasteiger charge is 2.32. The lowest BCUT2D eigenvalue weighted by Crippen LogP contribution is -2.36. The van der Waals surface area contributed by atoms with E-state index in [1.807, 2.05) is 4.13 Å². The molecule has 1 N–H and O–H groups in total. The van der Waals surface area contributed by atoms with Gasteiger partial charge in [0, 0.05) is 0 Å². The van der Waals surface area contributed by atoms with E-state index in [1.165, 1.54) is 13.8 Å². The Kier molecular flexibility index (Phi) is 5.23. The quantitative estimate of drug-likeness (QED) is 0.866. The number of hydrogen-bond acceptors (Lipinski definition) is 4. The Morgan fingerprint density at radius 3 is 1.26 bits per heavy atom. The van der Waals surface area contributed by atoms with E-state index in [4.69, 9.17) is 0 Å². The second kappa shape index (κ2) is 6.82. The van der Waals surface area contributed by atoms with Crippen molar-refractivity contribution in [3.05, 3.63) is 71.8 Å². The lowest BCUT2D eigenvalue weighted by atomic mass is 10.2. The molecule has 0 saturated heterocycles. The number of sulfonamides is 2. The van der Waals surface area contributed by atoms with Gasteiger partial charge in [-0.15, -0.1) is 4.13 Å². The van der Waals surface area contributed by atoms with Crippen LogP contribution in [0.5, 0.6) is 0 Å². The molecule has 2 rings (SSSR count). The Bertz CT molecular complexity index is 774. The van der Waals surface area contributed by atoms with Gasteiger partial charge in [-0.2, -0.15) is 0 Å². The number of benzene rings is 2. The summed E-state index contributed by atoms with van der Waals surface area (Å²) in [7, 11) is -8.12. The van der Waals surface area contributed by atoms with Crippen molar-refractivity contribution in [3.63, 3.8) is 0 Å². The molecule has 0 aromatic heterocycles. The first kappa shape index (κ1) is 17.7. The van der Waals surface area contributed by atoms with E-state index in [0.717, 1.165) is 0 Å². The fourth-order valence-electron chi connectivity index (χ4n) is 2.11. The molecule has 0 aliphatic carbocycles. The molecule has 0 fully saturated rings. The van der Waals surface area contributed by atoms with Crippen LogP contribution >= 0.6 is 0 Å². The minimum Gasteiger partial charge on any atom is -0.211 e. The van der Waals surface area contributed by atoms with Gasteiger partial charge in [-0.1, -0.05) is 60.7 Å². The third-order valence-electron chi connectivity index (χ3n) is 3.70. The fraction of sp³-hybridized carbons (Fsp3) is 0.250. The van der Waals surface area contributed by atoms with Crippen molar-refractivity contribution in [1.82, 2.24) is 4.13 Å². The standard InChI is InChI=1S/C16H19NO4S2/c1-13(15-9-5-3-6-10-15)22(18,19)17-23(20,21)14(2)16-11-7-4-8-12-16/h3-14,17H,1-2H3/t13-,14?/m0/s1. The van der Waals surface area contributed by atoms with Gasteiger partial charge in [0.1, 0.15) is 0 Å². The Labute approximate surface area is 137 Å². The molecule has 1 unspecified atom stereocenters. The minimum absolute atomic E-state index is 0.530. The number of hydrogen-bond donors (Lipinski definition) is 1. The van der Waals surface area contributed by atoms with Crippen molar-refractivity contribution in [2.45, 2.75) is 24.3 Å². The zero-order valence-electron chi connectivity index (χ0n) is 12.9. The summed E-state index contributed by atoms with van der Waals surface area (Å²) in [6, 6.07) is 17.0. The average Bonchev–Trinajstić information content (AvgIpc) is 2.54. The van der Waals surface area contributed by atoms with Crippen molar-refractivity contribution in [3.8, 4) is 0 Å². The molecular formula is C16H19NO4S2. The second-order valence-corrected chi connectivity index (χ2v) is 9.54. The third kappa shape index (κ3) is 4.19. The van der Waals surface area contributed by atoms with Crippen LogP contribution in [0.15, 0.2) is 60.7 Å². The first-order valence-corrected chi connectivity index (χ1v) is 10.2. The Morgan fingerprint density at radius 2 is 0.957 bits per heavy atom. The smallest absolute Gasteiger partial charge is 0.211 e. The van der Waals surface area contributed by atoms with Crippen molar-refractivity contribution < 1.29 is 16.8 Å². The molecule has 2 aromatic carbocycles. The van der Waals surface area contributed by atoms with E-state index in [-0.39, 0.29) is 0 Å². The fourth-order valence-corrected chi connectivity index (χ4v) is 5.59. The topological polar surface area (TPSA) is 80.3 Å². The summed E-state index contributed by atoms with van der Waals surface area (Å²) in [6.45, 7) is 2.92. The van der Waals surface area contributed by atoms with Crippen LogP contribution in [-0.4, -0.2) is 16.8 Å². The van der Waals surface area contributed by atoms with Crippen LogP contribution in [-0.2, 0) is 20.0 Å². The Morgan fingerprint density at radius 1 is 0.652 bits per heavy atom. The molecule has 0 heterocycles.